The van der Waals surface area contributed by atoms with Crippen LogP contribution in [0.4, 0.5) is 0 Å². The van der Waals surface area contributed by atoms with Crippen molar-refractivity contribution < 1.29 is 9.53 Å². The second-order valence-corrected chi connectivity index (χ2v) is 4.75. The summed E-state index contributed by atoms with van der Waals surface area (Å²) < 4.78 is 4.88. The van der Waals surface area contributed by atoms with E-state index in [0.29, 0.717) is 0 Å². The molecule has 0 spiro atoms. The first-order valence-corrected chi connectivity index (χ1v) is 7.26. The van der Waals surface area contributed by atoms with Gasteiger partial charge in [-0.2, -0.15) is 0 Å². The van der Waals surface area contributed by atoms with Gasteiger partial charge in [0, 0.05) is 0 Å². The van der Waals surface area contributed by atoms with Crippen LogP contribution in [0.3, 0.4) is 0 Å². The maximum Gasteiger partial charge on any atom is 0.283 e. The molecule has 0 heterocycles. The molecular weight excluding hydrogens is 226 g/mol. The number of unbranched alkanes of at least 4 members (excludes halogenated alkanes) is 9. The Morgan fingerprint density at radius 3 is 1.94 bits per heavy atom. The molecule has 0 aromatic heterocycles. The van der Waals surface area contributed by atoms with Crippen LogP contribution >= 0.6 is 0 Å². The van der Waals surface area contributed by atoms with Crippen LogP contribution in [0.1, 0.15) is 71.1 Å². The molecule has 0 radical (unpaired) electrons. The number of allylic oxidation sites excluding steroid dienone is 1. The minimum absolute atomic E-state index is 0.287. The number of primary amides is 1. The van der Waals surface area contributed by atoms with Gasteiger partial charge in [0.25, 0.3) is 5.91 Å². The highest BCUT2D eigenvalue weighted by Gasteiger charge is 2.02. The van der Waals surface area contributed by atoms with Crippen LogP contribution in [0, 0.1) is 0 Å². The normalized spacial score (nSPS) is 11.6. The van der Waals surface area contributed by atoms with Gasteiger partial charge in [0.1, 0.15) is 0 Å². The molecule has 0 rings (SSSR count). The number of ether oxygens (including phenoxy) is 1. The summed E-state index contributed by atoms with van der Waals surface area (Å²) in [4.78, 5) is 10.9. The molecule has 2 N–H and O–H groups in total. The lowest BCUT2D eigenvalue weighted by atomic mass is 10.1. The first kappa shape index (κ1) is 17.0. The molecule has 1 amide bonds. The summed E-state index contributed by atoms with van der Waals surface area (Å²) in [6.45, 7) is 2.24. The lowest BCUT2D eigenvalue weighted by Crippen LogP contribution is -2.15. The van der Waals surface area contributed by atoms with Gasteiger partial charge in [-0.1, -0.05) is 58.3 Å². The van der Waals surface area contributed by atoms with E-state index in [-0.39, 0.29) is 5.76 Å². The fourth-order valence-electron chi connectivity index (χ4n) is 1.97. The summed E-state index contributed by atoms with van der Waals surface area (Å²) in [6.07, 6.45) is 14.4. The third-order valence-electron chi connectivity index (χ3n) is 3.10. The number of carbonyl (C=O) groups is 1. The molecule has 0 fully saturated rings. The number of hydrogen-bond acceptors (Lipinski definition) is 2. The van der Waals surface area contributed by atoms with Crippen LogP contribution in [0.2, 0.25) is 0 Å². The van der Waals surface area contributed by atoms with E-state index in [0.717, 1.165) is 12.8 Å². The van der Waals surface area contributed by atoms with Gasteiger partial charge in [-0.3, -0.25) is 4.79 Å². The molecular formula is C15H29NO2. The highest BCUT2D eigenvalue weighted by molar-refractivity contribution is 5.89. The Kier molecular flexibility index (Phi) is 11.8. The number of amides is 1. The van der Waals surface area contributed by atoms with E-state index in [4.69, 9.17) is 10.5 Å². The van der Waals surface area contributed by atoms with Gasteiger partial charge >= 0.3 is 0 Å². The second kappa shape index (κ2) is 12.5. The van der Waals surface area contributed by atoms with Crippen molar-refractivity contribution in [2.24, 2.45) is 5.73 Å². The Morgan fingerprint density at radius 2 is 1.50 bits per heavy atom. The van der Waals surface area contributed by atoms with Crippen molar-refractivity contribution in [2.45, 2.75) is 71.1 Å². The van der Waals surface area contributed by atoms with Gasteiger partial charge < -0.3 is 10.5 Å². The zero-order valence-corrected chi connectivity index (χ0v) is 12.0. The molecule has 0 saturated heterocycles. The molecule has 0 aliphatic rings. The van der Waals surface area contributed by atoms with Crippen molar-refractivity contribution in [1.29, 1.82) is 0 Å². The lowest BCUT2D eigenvalue weighted by molar-refractivity contribution is -0.117. The van der Waals surface area contributed by atoms with Crippen LogP contribution in [0.15, 0.2) is 11.8 Å². The zero-order chi connectivity index (χ0) is 13.6. The Labute approximate surface area is 112 Å². The number of methoxy groups -OCH3 is 1. The molecule has 0 bridgehead atoms. The number of carbonyl (C=O) groups excluding carboxylic acids is 1. The third kappa shape index (κ3) is 10.2. The Morgan fingerprint density at radius 1 is 1.00 bits per heavy atom. The average molecular weight is 255 g/mol. The van der Waals surface area contributed by atoms with E-state index >= 15 is 0 Å². The van der Waals surface area contributed by atoms with Gasteiger partial charge in [0.05, 0.1) is 7.11 Å². The van der Waals surface area contributed by atoms with Gasteiger partial charge in [-0.25, -0.2) is 0 Å². The van der Waals surface area contributed by atoms with Crippen LogP contribution in [-0.2, 0) is 9.53 Å². The van der Waals surface area contributed by atoms with Crippen molar-refractivity contribution in [2.75, 3.05) is 7.11 Å². The van der Waals surface area contributed by atoms with E-state index < -0.39 is 5.91 Å². The average Bonchev–Trinajstić information content (AvgIpc) is 2.35. The number of hydrogen-bond donors (Lipinski definition) is 1. The summed E-state index contributed by atoms with van der Waals surface area (Å²) in [5, 5.41) is 0. The van der Waals surface area contributed by atoms with Gasteiger partial charge in [0.2, 0.25) is 0 Å². The highest BCUT2D eigenvalue weighted by Crippen LogP contribution is 2.11. The van der Waals surface area contributed by atoms with Crippen LogP contribution < -0.4 is 5.73 Å². The monoisotopic (exact) mass is 255 g/mol. The van der Waals surface area contributed by atoms with Crippen molar-refractivity contribution in [3.63, 3.8) is 0 Å². The molecule has 0 aliphatic heterocycles. The molecule has 3 heteroatoms. The predicted molar refractivity (Wildman–Crippen MR) is 76.1 cm³/mol. The van der Waals surface area contributed by atoms with Gasteiger partial charge in [0.15, 0.2) is 5.76 Å². The van der Waals surface area contributed by atoms with E-state index in [2.05, 4.69) is 6.92 Å². The molecule has 0 unspecified atom stereocenters. The van der Waals surface area contributed by atoms with Crippen LogP contribution in [0.5, 0.6) is 0 Å². The minimum Gasteiger partial charge on any atom is -0.491 e. The summed E-state index contributed by atoms with van der Waals surface area (Å²) in [6, 6.07) is 0. The Bertz CT molecular complexity index is 237. The maximum atomic E-state index is 10.9. The van der Waals surface area contributed by atoms with Crippen molar-refractivity contribution in [1.82, 2.24) is 0 Å². The van der Waals surface area contributed by atoms with Crippen molar-refractivity contribution in [3.05, 3.63) is 11.8 Å². The second-order valence-electron chi connectivity index (χ2n) is 4.75. The van der Waals surface area contributed by atoms with Crippen LogP contribution in [0.25, 0.3) is 0 Å². The summed E-state index contributed by atoms with van der Waals surface area (Å²) in [7, 11) is 1.48. The first-order valence-electron chi connectivity index (χ1n) is 7.26. The SMILES string of the molecule is CCCCCCCCCCCC=C(OC)C(N)=O. The standard InChI is InChI=1S/C15H29NO2/c1-3-4-5-6-7-8-9-10-11-12-13-14(18-2)15(16)17/h13H,3-12H2,1-2H3,(H2,16,17). The van der Waals surface area contributed by atoms with Gasteiger partial charge in [-0.05, 0) is 18.9 Å². The van der Waals surface area contributed by atoms with E-state index in [1.165, 1.54) is 58.5 Å². The number of rotatable bonds is 12. The van der Waals surface area contributed by atoms with E-state index in [1.54, 1.807) is 6.08 Å². The molecule has 106 valence electrons. The third-order valence-corrected chi connectivity index (χ3v) is 3.10. The first-order chi connectivity index (χ1) is 8.72. The fourth-order valence-corrected chi connectivity index (χ4v) is 1.97. The minimum atomic E-state index is -0.478. The molecule has 18 heavy (non-hydrogen) atoms. The summed E-state index contributed by atoms with van der Waals surface area (Å²) in [5.74, 6) is -0.192. The topological polar surface area (TPSA) is 52.3 Å². The van der Waals surface area contributed by atoms with E-state index in [9.17, 15) is 4.79 Å². The quantitative estimate of drug-likeness (QED) is 0.326. The van der Waals surface area contributed by atoms with Crippen LogP contribution in [-0.4, -0.2) is 13.0 Å². The molecule has 0 saturated carbocycles. The largest absolute Gasteiger partial charge is 0.491 e. The smallest absolute Gasteiger partial charge is 0.283 e. The Hall–Kier alpha value is -0.990. The Balaban J connectivity index is 3.32. The molecule has 0 aliphatic carbocycles. The summed E-state index contributed by atoms with van der Waals surface area (Å²) in [5.41, 5.74) is 5.14. The maximum absolute atomic E-state index is 10.9. The van der Waals surface area contributed by atoms with Crippen molar-refractivity contribution >= 4 is 5.91 Å². The molecule has 0 aromatic rings. The number of nitrogens with two attached hydrogens (primary N) is 1. The molecule has 3 nitrogen and oxygen atoms in total. The molecule has 0 atom stereocenters. The lowest BCUT2D eigenvalue weighted by Gasteiger charge is -2.02. The van der Waals surface area contributed by atoms with Gasteiger partial charge in [-0.15, -0.1) is 0 Å². The molecule has 0 aromatic carbocycles. The summed E-state index contributed by atoms with van der Waals surface area (Å²) >= 11 is 0. The predicted octanol–water partition coefficient (Wildman–Crippen LogP) is 3.92. The fraction of sp³-hybridized carbons (Fsp3) is 0.800. The van der Waals surface area contributed by atoms with Crippen molar-refractivity contribution in [3.8, 4) is 0 Å². The van der Waals surface area contributed by atoms with E-state index in [1.807, 2.05) is 0 Å². The zero-order valence-electron chi connectivity index (χ0n) is 12.0. The highest BCUT2D eigenvalue weighted by atomic mass is 16.5.